The Labute approximate surface area is 146 Å². The second kappa shape index (κ2) is 8.93. The van der Waals surface area contributed by atoms with Gasteiger partial charge in [0.25, 0.3) is 0 Å². The second-order valence-electron chi connectivity index (χ2n) is 7.69. The third-order valence-electron chi connectivity index (χ3n) is 4.03. The summed E-state index contributed by atoms with van der Waals surface area (Å²) in [7, 11) is 0. The van der Waals surface area contributed by atoms with Crippen LogP contribution in [0.4, 0.5) is 26.3 Å². The van der Waals surface area contributed by atoms with Crippen LogP contribution in [0.2, 0.25) is 0 Å². The van der Waals surface area contributed by atoms with Crippen LogP contribution in [0, 0.1) is 10.8 Å². The highest BCUT2D eigenvalue weighted by Crippen LogP contribution is 2.59. The largest absolute Gasteiger partial charge is 0.396 e. The van der Waals surface area contributed by atoms with Gasteiger partial charge in [0.2, 0.25) is 0 Å². The van der Waals surface area contributed by atoms with E-state index in [-0.39, 0.29) is 44.7 Å². The van der Waals surface area contributed by atoms with E-state index in [0.29, 0.717) is 0 Å². The Bertz CT molecular complexity index is 382. The van der Waals surface area contributed by atoms with Crippen molar-refractivity contribution in [3.8, 4) is 0 Å². The highest BCUT2D eigenvalue weighted by molar-refractivity contribution is 4.98. The zero-order valence-electron chi connectivity index (χ0n) is 15.8. The molecule has 0 saturated heterocycles. The number of alkyl halides is 6. The average molecular weight is 380 g/mol. The van der Waals surface area contributed by atoms with Gasteiger partial charge in [-0.15, -0.1) is 0 Å². The van der Waals surface area contributed by atoms with Gasteiger partial charge in [-0.2, -0.15) is 26.3 Å². The molecule has 0 unspecified atom stereocenters. The second-order valence-corrected chi connectivity index (χ2v) is 7.69. The van der Waals surface area contributed by atoms with Gasteiger partial charge in [0.05, 0.1) is 29.6 Å². The molecule has 2 nitrogen and oxygen atoms in total. The van der Waals surface area contributed by atoms with Crippen LogP contribution in [0.1, 0.15) is 60.8 Å². The van der Waals surface area contributed by atoms with Gasteiger partial charge >= 0.3 is 12.4 Å². The number of rotatable bonds is 7. The summed E-state index contributed by atoms with van der Waals surface area (Å²) >= 11 is 0. The Kier molecular flexibility index (Phi) is 8.75. The fraction of sp³-hybridized carbons (Fsp3) is 1.00. The molecule has 1 rings (SSSR count). The summed E-state index contributed by atoms with van der Waals surface area (Å²) in [5.74, 6) is 0. The van der Waals surface area contributed by atoms with E-state index in [9.17, 15) is 26.3 Å². The van der Waals surface area contributed by atoms with Crippen LogP contribution in [0.5, 0.6) is 0 Å². The van der Waals surface area contributed by atoms with E-state index >= 15 is 0 Å². The molecule has 0 heterocycles. The Morgan fingerprint density at radius 2 is 1.28 bits per heavy atom. The number of hydrogen-bond acceptors (Lipinski definition) is 2. The van der Waals surface area contributed by atoms with Crippen molar-refractivity contribution in [3.63, 3.8) is 0 Å². The lowest BCUT2D eigenvalue weighted by molar-refractivity contribution is -0.229. The summed E-state index contributed by atoms with van der Waals surface area (Å²) in [5, 5.41) is 0. The van der Waals surface area contributed by atoms with Gasteiger partial charge in [-0.05, 0) is 60.8 Å². The molecule has 0 atom stereocenters. The van der Waals surface area contributed by atoms with Crippen LogP contribution in [-0.4, -0.2) is 37.8 Å². The molecule has 0 radical (unpaired) electrons. The van der Waals surface area contributed by atoms with Crippen LogP contribution < -0.4 is 0 Å². The first-order valence-electron chi connectivity index (χ1n) is 8.41. The molecule has 1 aliphatic carbocycles. The fourth-order valence-electron chi connectivity index (χ4n) is 1.77. The van der Waals surface area contributed by atoms with E-state index in [1.54, 1.807) is 13.8 Å². The molecule has 1 saturated carbocycles. The molecule has 0 aromatic rings. The van der Waals surface area contributed by atoms with Crippen LogP contribution in [-0.2, 0) is 9.47 Å². The minimum Gasteiger partial charge on any atom is -0.379 e. The van der Waals surface area contributed by atoms with Crippen molar-refractivity contribution in [2.75, 3.05) is 13.2 Å². The smallest absolute Gasteiger partial charge is 0.379 e. The molecule has 1 aliphatic rings. The molecule has 0 N–H and O–H groups in total. The minimum absolute atomic E-state index is 0.0176. The maximum Gasteiger partial charge on any atom is 0.396 e. The van der Waals surface area contributed by atoms with E-state index in [0.717, 1.165) is 13.8 Å². The highest BCUT2D eigenvalue weighted by atomic mass is 19.4. The topological polar surface area (TPSA) is 18.5 Å². The fourth-order valence-corrected chi connectivity index (χ4v) is 1.77. The van der Waals surface area contributed by atoms with Crippen molar-refractivity contribution in [3.05, 3.63) is 0 Å². The Hall–Kier alpha value is -0.500. The normalized spacial score (nSPS) is 17.5. The van der Waals surface area contributed by atoms with E-state index < -0.39 is 23.2 Å². The van der Waals surface area contributed by atoms with Crippen LogP contribution in [0.3, 0.4) is 0 Å². The molecule has 1 fully saturated rings. The summed E-state index contributed by atoms with van der Waals surface area (Å²) in [6, 6.07) is 0. The van der Waals surface area contributed by atoms with Gasteiger partial charge in [0, 0.05) is 6.61 Å². The van der Waals surface area contributed by atoms with Gasteiger partial charge < -0.3 is 9.47 Å². The van der Waals surface area contributed by atoms with Crippen LogP contribution >= 0.6 is 0 Å². The van der Waals surface area contributed by atoms with Crippen molar-refractivity contribution in [2.24, 2.45) is 10.8 Å². The van der Waals surface area contributed by atoms with Gasteiger partial charge in [-0.1, -0.05) is 0 Å². The molecule has 152 valence electrons. The van der Waals surface area contributed by atoms with Gasteiger partial charge in [-0.25, -0.2) is 0 Å². The van der Waals surface area contributed by atoms with Crippen LogP contribution in [0.25, 0.3) is 0 Å². The SMILES string of the molecule is CC(C)OCC(C)(C)C(F)(F)F.CC(C)OCCC1(C(F)(F)F)CC1. The maximum absolute atomic E-state index is 12.4. The maximum atomic E-state index is 12.4. The van der Waals surface area contributed by atoms with E-state index in [2.05, 4.69) is 0 Å². The molecule has 25 heavy (non-hydrogen) atoms. The molecule has 0 aromatic carbocycles. The summed E-state index contributed by atoms with van der Waals surface area (Å²) in [6.45, 7) is 9.29. The first-order valence-corrected chi connectivity index (χ1v) is 8.41. The molecular weight excluding hydrogens is 350 g/mol. The van der Waals surface area contributed by atoms with Gasteiger partial charge in [0.15, 0.2) is 0 Å². The van der Waals surface area contributed by atoms with Gasteiger partial charge in [-0.3, -0.25) is 0 Å². The Balaban J connectivity index is 0.000000463. The Morgan fingerprint density at radius 1 is 0.840 bits per heavy atom. The number of hydrogen-bond donors (Lipinski definition) is 0. The van der Waals surface area contributed by atoms with Crippen molar-refractivity contribution in [2.45, 2.75) is 85.4 Å². The highest BCUT2D eigenvalue weighted by Gasteiger charge is 2.62. The monoisotopic (exact) mass is 380 g/mol. The quantitative estimate of drug-likeness (QED) is 0.494. The van der Waals surface area contributed by atoms with Crippen molar-refractivity contribution >= 4 is 0 Å². The summed E-state index contributed by atoms with van der Waals surface area (Å²) in [6.07, 6.45) is -7.70. The van der Waals surface area contributed by atoms with E-state index in [1.165, 1.54) is 0 Å². The van der Waals surface area contributed by atoms with Crippen molar-refractivity contribution < 1.29 is 35.8 Å². The summed E-state index contributed by atoms with van der Waals surface area (Å²) in [5.41, 5.74) is -3.15. The molecule has 0 spiro atoms. The lowest BCUT2D eigenvalue weighted by atomic mass is 9.94. The molecule has 0 bridgehead atoms. The standard InChI is InChI=1S/C9H15F3O.C8H15F3O/c1-7(2)13-6-5-8(3-4-8)9(10,11)12;1-6(2)12-5-7(3,4)8(9,10)11/h7H,3-6H2,1-2H3;6H,5H2,1-4H3. The molecular formula is C17H30F6O2. The van der Waals surface area contributed by atoms with Crippen molar-refractivity contribution in [1.82, 2.24) is 0 Å². The number of ether oxygens (including phenoxy) is 2. The zero-order valence-corrected chi connectivity index (χ0v) is 15.8. The molecule has 0 aliphatic heterocycles. The molecule has 8 heteroatoms. The first kappa shape index (κ1) is 24.5. The van der Waals surface area contributed by atoms with Crippen molar-refractivity contribution in [1.29, 1.82) is 0 Å². The minimum atomic E-state index is -4.19. The average Bonchev–Trinajstić information content (AvgIpc) is 3.16. The first-order chi connectivity index (χ1) is 11.0. The Morgan fingerprint density at radius 3 is 1.56 bits per heavy atom. The predicted molar refractivity (Wildman–Crippen MR) is 84.4 cm³/mol. The number of halogens is 6. The van der Waals surface area contributed by atoms with Crippen LogP contribution in [0.15, 0.2) is 0 Å². The lowest BCUT2D eigenvalue weighted by Gasteiger charge is -2.28. The third kappa shape index (κ3) is 8.62. The molecule has 0 aromatic heterocycles. The zero-order chi connectivity index (χ0) is 20.1. The predicted octanol–water partition coefficient (Wildman–Crippen LogP) is 6.14. The van der Waals surface area contributed by atoms with E-state index in [1.807, 2.05) is 13.8 Å². The summed E-state index contributed by atoms with van der Waals surface area (Å²) in [4.78, 5) is 0. The van der Waals surface area contributed by atoms with E-state index in [4.69, 9.17) is 9.47 Å². The lowest BCUT2D eigenvalue weighted by Crippen LogP contribution is -2.37. The van der Waals surface area contributed by atoms with Gasteiger partial charge in [0.1, 0.15) is 0 Å². The third-order valence-corrected chi connectivity index (χ3v) is 4.03. The molecule has 0 amide bonds. The summed E-state index contributed by atoms with van der Waals surface area (Å²) < 4.78 is 83.7.